The van der Waals surface area contributed by atoms with Gasteiger partial charge >= 0.3 is 0 Å². The molecule has 7 nitrogen and oxygen atoms in total. The van der Waals surface area contributed by atoms with Crippen LogP contribution in [0.2, 0.25) is 0 Å². The van der Waals surface area contributed by atoms with Crippen molar-refractivity contribution in [3.63, 3.8) is 0 Å². The molecular formula is C21H24N4O3. The highest BCUT2D eigenvalue weighted by atomic mass is 16.3. The standard InChI is InChI=1S/C21H24N4O3/c1-5-6-19(27)17-7-12(2)16(11-22-17)15-8-14-10-23-20(24-13(3)26)9-18(14)25(4)21(15)28/h7-11,19,27H,5-6H2,1-4H3,(H,23,24,26)/t19-/m0/s1/i19D. The molecular weight excluding hydrogens is 356 g/mol. The first-order chi connectivity index (χ1) is 13.6. The van der Waals surface area contributed by atoms with Crippen molar-refractivity contribution in [1.82, 2.24) is 14.5 Å². The van der Waals surface area contributed by atoms with Gasteiger partial charge in [0.05, 0.1) is 18.7 Å². The minimum absolute atomic E-state index is 0.218. The van der Waals surface area contributed by atoms with Gasteiger partial charge in [0, 0.05) is 48.9 Å². The number of carbonyl (C=O) groups excluding carboxylic acids is 1. The van der Waals surface area contributed by atoms with Crippen molar-refractivity contribution >= 4 is 22.6 Å². The number of aliphatic hydroxyl groups is 1. The van der Waals surface area contributed by atoms with E-state index in [1.165, 1.54) is 17.7 Å². The van der Waals surface area contributed by atoms with Gasteiger partial charge in [-0.05, 0) is 31.0 Å². The van der Waals surface area contributed by atoms with Gasteiger partial charge in [-0.3, -0.25) is 14.6 Å². The predicted molar refractivity (Wildman–Crippen MR) is 109 cm³/mol. The molecule has 7 heteroatoms. The lowest BCUT2D eigenvalue weighted by Crippen LogP contribution is -2.20. The Bertz CT molecular complexity index is 1150. The monoisotopic (exact) mass is 381 g/mol. The van der Waals surface area contributed by atoms with Crippen LogP contribution >= 0.6 is 0 Å². The Labute approximate surface area is 164 Å². The molecule has 1 atom stereocenters. The highest BCUT2D eigenvalue weighted by molar-refractivity contribution is 5.91. The van der Waals surface area contributed by atoms with E-state index >= 15 is 0 Å². The zero-order valence-corrected chi connectivity index (χ0v) is 16.4. The summed E-state index contributed by atoms with van der Waals surface area (Å²) in [7, 11) is 1.66. The minimum Gasteiger partial charge on any atom is -0.387 e. The Morgan fingerprint density at radius 3 is 2.68 bits per heavy atom. The van der Waals surface area contributed by atoms with Gasteiger partial charge in [0.1, 0.15) is 5.82 Å². The fourth-order valence-electron chi connectivity index (χ4n) is 3.17. The van der Waals surface area contributed by atoms with Gasteiger partial charge in [0.2, 0.25) is 5.91 Å². The Kier molecular flexibility index (Phi) is 5.16. The Morgan fingerprint density at radius 2 is 2.04 bits per heavy atom. The third-order valence-electron chi connectivity index (χ3n) is 4.60. The van der Waals surface area contributed by atoms with Crippen molar-refractivity contribution in [1.29, 1.82) is 0 Å². The fraction of sp³-hybridized carbons (Fsp3) is 0.333. The lowest BCUT2D eigenvalue weighted by Gasteiger charge is -2.14. The van der Waals surface area contributed by atoms with E-state index in [1.807, 2.05) is 13.8 Å². The summed E-state index contributed by atoms with van der Waals surface area (Å²) in [6, 6.07) is 5.05. The van der Waals surface area contributed by atoms with Crippen LogP contribution in [-0.2, 0) is 11.8 Å². The summed E-state index contributed by atoms with van der Waals surface area (Å²) < 4.78 is 9.58. The number of fused-ring (bicyclic) bond motifs is 1. The summed E-state index contributed by atoms with van der Waals surface area (Å²) in [6.45, 7) is 5.11. The average molecular weight is 381 g/mol. The van der Waals surface area contributed by atoms with Crippen LogP contribution in [0.5, 0.6) is 0 Å². The van der Waals surface area contributed by atoms with E-state index in [-0.39, 0.29) is 23.6 Å². The number of nitrogens with one attached hydrogen (secondary N) is 1. The maximum Gasteiger partial charge on any atom is 0.258 e. The van der Waals surface area contributed by atoms with Crippen LogP contribution in [0.4, 0.5) is 5.82 Å². The topological polar surface area (TPSA) is 97.1 Å². The van der Waals surface area contributed by atoms with Crippen molar-refractivity contribution in [2.45, 2.75) is 39.7 Å². The van der Waals surface area contributed by atoms with Crippen molar-refractivity contribution in [2.24, 2.45) is 7.05 Å². The third-order valence-corrected chi connectivity index (χ3v) is 4.60. The van der Waals surface area contributed by atoms with Gasteiger partial charge in [-0.1, -0.05) is 13.3 Å². The summed E-state index contributed by atoms with van der Waals surface area (Å²) in [5.74, 6) is 0.137. The first kappa shape index (κ1) is 18.3. The molecule has 0 saturated heterocycles. The number of hydrogen-bond acceptors (Lipinski definition) is 5. The molecule has 1 amide bonds. The van der Waals surface area contributed by atoms with Crippen LogP contribution in [0, 0.1) is 6.92 Å². The van der Waals surface area contributed by atoms with Crippen molar-refractivity contribution in [3.05, 3.63) is 52.2 Å². The van der Waals surface area contributed by atoms with Crippen LogP contribution in [0.15, 0.2) is 35.4 Å². The van der Waals surface area contributed by atoms with Gasteiger partial charge in [-0.25, -0.2) is 4.98 Å². The number of nitrogens with zero attached hydrogens (tertiary/aromatic N) is 3. The SMILES string of the molecule is [2H][C@](O)(CCC)c1cc(C)c(-c2cc3cnc(NC(C)=O)cc3n(C)c2=O)cn1. The summed E-state index contributed by atoms with van der Waals surface area (Å²) in [6.07, 6.45) is 2.31. The Balaban J connectivity index is 2.12. The fourth-order valence-corrected chi connectivity index (χ4v) is 3.17. The molecule has 0 aromatic carbocycles. The van der Waals surface area contributed by atoms with Gasteiger partial charge in [0.15, 0.2) is 0 Å². The van der Waals surface area contributed by atoms with E-state index < -0.39 is 6.08 Å². The Morgan fingerprint density at radius 1 is 1.29 bits per heavy atom. The molecule has 0 aliphatic rings. The van der Waals surface area contributed by atoms with E-state index in [0.717, 1.165) is 10.9 Å². The number of pyridine rings is 3. The summed E-state index contributed by atoms with van der Waals surface area (Å²) >= 11 is 0. The summed E-state index contributed by atoms with van der Waals surface area (Å²) in [5, 5.41) is 13.7. The van der Waals surface area contributed by atoms with Crippen LogP contribution in [0.1, 0.15) is 45.4 Å². The average Bonchev–Trinajstić information content (AvgIpc) is 2.65. The smallest absolute Gasteiger partial charge is 0.258 e. The Hall–Kier alpha value is -3.06. The van der Waals surface area contributed by atoms with Crippen molar-refractivity contribution < 1.29 is 11.3 Å². The number of rotatable bonds is 5. The molecule has 0 aliphatic carbocycles. The zero-order valence-electron chi connectivity index (χ0n) is 17.4. The predicted octanol–water partition coefficient (Wildman–Crippen LogP) is 3.10. The van der Waals surface area contributed by atoms with Gasteiger partial charge < -0.3 is 15.0 Å². The zero-order chi connectivity index (χ0) is 21.3. The van der Waals surface area contributed by atoms with Crippen LogP contribution < -0.4 is 10.9 Å². The molecule has 0 aliphatic heterocycles. The highest BCUT2D eigenvalue weighted by Crippen LogP contribution is 2.26. The van der Waals surface area contributed by atoms with Crippen molar-refractivity contribution in [3.8, 4) is 11.1 Å². The quantitative estimate of drug-likeness (QED) is 0.708. The molecule has 3 aromatic heterocycles. The molecule has 28 heavy (non-hydrogen) atoms. The molecule has 3 heterocycles. The summed E-state index contributed by atoms with van der Waals surface area (Å²) in [5.41, 5.74) is 2.52. The number of aromatic nitrogens is 3. The number of aryl methyl sites for hydroxylation is 2. The second-order valence-electron chi connectivity index (χ2n) is 6.81. The number of hydrogen-bond donors (Lipinski definition) is 2. The molecule has 0 unspecified atom stereocenters. The minimum atomic E-state index is -1.75. The maximum atomic E-state index is 13.0. The van der Waals surface area contributed by atoms with E-state index in [2.05, 4.69) is 15.3 Å². The number of carbonyl (C=O) groups is 1. The van der Waals surface area contributed by atoms with Gasteiger partial charge in [0.25, 0.3) is 5.56 Å². The van der Waals surface area contributed by atoms with E-state index in [9.17, 15) is 14.7 Å². The molecule has 0 saturated carbocycles. The lowest BCUT2D eigenvalue weighted by molar-refractivity contribution is -0.114. The van der Waals surface area contributed by atoms with Crippen LogP contribution in [0.3, 0.4) is 0 Å². The lowest BCUT2D eigenvalue weighted by atomic mass is 10.0. The number of anilines is 1. The first-order valence-corrected chi connectivity index (χ1v) is 9.11. The van der Waals surface area contributed by atoms with E-state index in [0.29, 0.717) is 28.9 Å². The molecule has 0 bridgehead atoms. The first-order valence-electron chi connectivity index (χ1n) is 9.61. The summed E-state index contributed by atoms with van der Waals surface area (Å²) in [4.78, 5) is 32.7. The van der Waals surface area contributed by atoms with Gasteiger partial charge in [-0.15, -0.1) is 0 Å². The number of amides is 1. The molecule has 146 valence electrons. The van der Waals surface area contributed by atoms with Gasteiger partial charge in [-0.2, -0.15) is 0 Å². The maximum absolute atomic E-state index is 13.0. The second-order valence-corrected chi connectivity index (χ2v) is 6.81. The van der Waals surface area contributed by atoms with Crippen LogP contribution in [-0.4, -0.2) is 25.5 Å². The highest BCUT2D eigenvalue weighted by Gasteiger charge is 2.15. The van der Waals surface area contributed by atoms with E-state index in [1.54, 1.807) is 31.4 Å². The molecule has 0 spiro atoms. The second kappa shape index (κ2) is 7.90. The van der Waals surface area contributed by atoms with Crippen molar-refractivity contribution in [2.75, 3.05) is 5.32 Å². The molecule has 2 N–H and O–H groups in total. The van der Waals surface area contributed by atoms with Crippen LogP contribution in [0.25, 0.3) is 22.0 Å². The molecule has 3 aromatic rings. The molecule has 0 radical (unpaired) electrons. The van der Waals surface area contributed by atoms with E-state index in [4.69, 9.17) is 1.37 Å². The normalized spacial score (nSPS) is 13.8. The largest absolute Gasteiger partial charge is 0.387 e. The molecule has 0 fully saturated rings. The molecule has 3 rings (SSSR count). The third kappa shape index (κ3) is 3.80.